The second-order valence-corrected chi connectivity index (χ2v) is 3.69. The van der Waals surface area contributed by atoms with Crippen molar-refractivity contribution in [3.63, 3.8) is 0 Å². The maximum atomic E-state index is 10.4. The highest BCUT2D eigenvalue weighted by atomic mass is 16.1. The van der Waals surface area contributed by atoms with Crippen molar-refractivity contribution in [3.8, 4) is 0 Å². The van der Waals surface area contributed by atoms with Gasteiger partial charge in [0, 0.05) is 5.41 Å². The second-order valence-electron chi connectivity index (χ2n) is 3.69. The first-order valence-electron chi connectivity index (χ1n) is 4.72. The van der Waals surface area contributed by atoms with Crippen LogP contribution in [0.25, 0.3) is 0 Å². The van der Waals surface area contributed by atoms with E-state index in [9.17, 15) is 4.79 Å². The molecule has 0 amide bonds. The molecule has 1 saturated carbocycles. The van der Waals surface area contributed by atoms with Crippen LogP contribution in [0.5, 0.6) is 0 Å². The molecule has 1 fully saturated rings. The van der Waals surface area contributed by atoms with Crippen molar-refractivity contribution >= 4 is 6.29 Å². The Morgan fingerprint density at radius 3 is 2.45 bits per heavy atom. The lowest BCUT2D eigenvalue weighted by molar-refractivity contribution is 0.480. The largest absolute Gasteiger partial charge is 0.290 e. The maximum absolute atomic E-state index is 10.4. The van der Waals surface area contributed by atoms with Gasteiger partial charge in [0.15, 0.2) is 0 Å². The zero-order valence-electron chi connectivity index (χ0n) is 7.36. The van der Waals surface area contributed by atoms with E-state index in [0.29, 0.717) is 0 Å². The van der Waals surface area contributed by atoms with E-state index in [4.69, 9.17) is 0 Å². The molecule has 63 valence electrons. The van der Waals surface area contributed by atoms with E-state index in [1.807, 2.05) is 0 Å². The van der Waals surface area contributed by atoms with Gasteiger partial charge in [-0.25, -0.2) is 0 Å². The molecular formula is C10H17O. The number of carbonyl (C=O) groups excluding carboxylic acids is 1. The highest BCUT2D eigenvalue weighted by molar-refractivity contribution is 5.64. The van der Waals surface area contributed by atoms with E-state index in [1.165, 1.54) is 25.7 Å². The van der Waals surface area contributed by atoms with Crippen LogP contribution >= 0.6 is 0 Å². The van der Waals surface area contributed by atoms with Gasteiger partial charge in [0.1, 0.15) is 0 Å². The summed E-state index contributed by atoms with van der Waals surface area (Å²) < 4.78 is 0. The average Bonchev–Trinajstić information content (AvgIpc) is 2.80. The first-order valence-corrected chi connectivity index (χ1v) is 4.72. The molecule has 1 heteroatoms. The van der Waals surface area contributed by atoms with E-state index in [1.54, 1.807) is 0 Å². The molecule has 1 nitrogen and oxygen atoms in total. The van der Waals surface area contributed by atoms with Gasteiger partial charge < -0.3 is 0 Å². The maximum Gasteiger partial charge on any atom is 0.205 e. The molecule has 1 aliphatic rings. The Bertz CT molecular complexity index is 125. The lowest BCUT2D eigenvalue weighted by Crippen LogP contribution is -2.00. The summed E-state index contributed by atoms with van der Waals surface area (Å²) in [7, 11) is 0. The van der Waals surface area contributed by atoms with Gasteiger partial charge in [-0.05, 0) is 19.3 Å². The Morgan fingerprint density at radius 2 is 2.00 bits per heavy atom. The predicted octanol–water partition coefficient (Wildman–Crippen LogP) is 2.85. The summed E-state index contributed by atoms with van der Waals surface area (Å²) in [5, 5.41) is 0. The highest BCUT2D eigenvalue weighted by Gasteiger charge is 2.42. The molecule has 0 aromatic rings. The Kier molecular flexibility index (Phi) is 3.10. The Balaban J connectivity index is 1.98. The van der Waals surface area contributed by atoms with Crippen LogP contribution in [0, 0.1) is 5.41 Å². The van der Waals surface area contributed by atoms with Crippen LogP contribution in [-0.2, 0) is 4.79 Å². The molecule has 0 unspecified atom stereocenters. The zero-order valence-corrected chi connectivity index (χ0v) is 7.36. The van der Waals surface area contributed by atoms with Crippen molar-refractivity contribution in [1.29, 1.82) is 0 Å². The van der Waals surface area contributed by atoms with E-state index in [-0.39, 0.29) is 5.41 Å². The Labute approximate surface area is 69.2 Å². The molecule has 1 radical (unpaired) electrons. The normalized spacial score (nSPS) is 19.7. The monoisotopic (exact) mass is 153 g/mol. The van der Waals surface area contributed by atoms with E-state index in [2.05, 4.69) is 13.2 Å². The van der Waals surface area contributed by atoms with Gasteiger partial charge in [-0.1, -0.05) is 32.6 Å². The number of rotatable bonds is 6. The van der Waals surface area contributed by atoms with Crippen LogP contribution in [0.3, 0.4) is 0 Å². The highest BCUT2D eigenvalue weighted by Crippen LogP contribution is 2.47. The van der Waals surface area contributed by atoms with Crippen LogP contribution < -0.4 is 0 Å². The lowest BCUT2D eigenvalue weighted by Gasteiger charge is -2.03. The minimum atomic E-state index is 0.0355. The smallest absolute Gasteiger partial charge is 0.205 e. The molecule has 0 spiro atoms. The van der Waals surface area contributed by atoms with Crippen LogP contribution in [0.4, 0.5) is 0 Å². The standard InChI is InChI=1S/C10H17O/c1-2-3-4-5-6-10(9-11)7-8-10/h2-8H2,1H3. The first-order chi connectivity index (χ1) is 5.33. The molecule has 0 heterocycles. The fraction of sp³-hybridized carbons (Fsp3) is 0.900. The third kappa shape index (κ3) is 2.64. The first kappa shape index (κ1) is 8.76. The van der Waals surface area contributed by atoms with Crippen molar-refractivity contribution in [2.75, 3.05) is 0 Å². The fourth-order valence-corrected chi connectivity index (χ4v) is 1.44. The predicted molar refractivity (Wildman–Crippen MR) is 46.1 cm³/mol. The zero-order chi connectivity index (χ0) is 8.16. The van der Waals surface area contributed by atoms with Crippen LogP contribution in [0.1, 0.15) is 51.9 Å². The minimum Gasteiger partial charge on any atom is -0.290 e. The Hall–Kier alpha value is -0.330. The topological polar surface area (TPSA) is 17.1 Å². The summed E-state index contributed by atoms with van der Waals surface area (Å²) in [6.07, 6.45) is 10.6. The summed E-state index contributed by atoms with van der Waals surface area (Å²) >= 11 is 0. The van der Waals surface area contributed by atoms with Crippen molar-refractivity contribution in [3.05, 3.63) is 0 Å². The lowest BCUT2D eigenvalue weighted by atomic mass is 10.00. The molecule has 0 saturated heterocycles. The summed E-state index contributed by atoms with van der Waals surface area (Å²) in [5.41, 5.74) is 0.0355. The van der Waals surface area contributed by atoms with Gasteiger partial charge in [0.2, 0.25) is 6.29 Å². The number of hydrogen-bond acceptors (Lipinski definition) is 1. The van der Waals surface area contributed by atoms with E-state index in [0.717, 1.165) is 19.3 Å². The van der Waals surface area contributed by atoms with Gasteiger partial charge in [0.25, 0.3) is 0 Å². The molecule has 0 aliphatic heterocycles. The van der Waals surface area contributed by atoms with Crippen molar-refractivity contribution in [2.45, 2.75) is 51.9 Å². The van der Waals surface area contributed by atoms with E-state index < -0.39 is 0 Å². The molecule has 11 heavy (non-hydrogen) atoms. The third-order valence-electron chi connectivity index (χ3n) is 2.58. The quantitative estimate of drug-likeness (QED) is 0.536. The van der Waals surface area contributed by atoms with Gasteiger partial charge in [-0.15, -0.1) is 0 Å². The summed E-state index contributed by atoms with van der Waals surface area (Å²) in [6, 6.07) is 0. The second kappa shape index (κ2) is 3.89. The fourth-order valence-electron chi connectivity index (χ4n) is 1.44. The molecule has 0 N–H and O–H groups in total. The summed E-state index contributed by atoms with van der Waals surface area (Å²) in [5.74, 6) is 0. The Morgan fingerprint density at radius 1 is 1.27 bits per heavy atom. The summed E-state index contributed by atoms with van der Waals surface area (Å²) in [4.78, 5) is 10.4. The molecule has 0 atom stereocenters. The van der Waals surface area contributed by atoms with Gasteiger partial charge in [-0.2, -0.15) is 0 Å². The van der Waals surface area contributed by atoms with Crippen LogP contribution in [0.15, 0.2) is 0 Å². The minimum absolute atomic E-state index is 0.0355. The molecule has 1 rings (SSSR count). The number of hydrogen-bond donors (Lipinski definition) is 0. The SMILES string of the molecule is CCCCCCC1([C]=O)CC1. The number of unbranched alkanes of at least 4 members (excludes halogenated alkanes) is 3. The molecular weight excluding hydrogens is 136 g/mol. The van der Waals surface area contributed by atoms with Gasteiger partial charge in [0.05, 0.1) is 0 Å². The molecule has 0 bridgehead atoms. The molecule has 0 aromatic carbocycles. The molecule has 0 aromatic heterocycles. The van der Waals surface area contributed by atoms with Crippen LogP contribution in [0.2, 0.25) is 0 Å². The van der Waals surface area contributed by atoms with E-state index >= 15 is 0 Å². The van der Waals surface area contributed by atoms with Crippen LogP contribution in [-0.4, -0.2) is 6.29 Å². The summed E-state index contributed by atoms with van der Waals surface area (Å²) in [6.45, 7) is 2.21. The molecule has 1 aliphatic carbocycles. The van der Waals surface area contributed by atoms with Crippen molar-refractivity contribution in [2.24, 2.45) is 5.41 Å². The van der Waals surface area contributed by atoms with Gasteiger partial charge >= 0.3 is 0 Å². The van der Waals surface area contributed by atoms with Gasteiger partial charge in [-0.3, -0.25) is 4.79 Å². The van der Waals surface area contributed by atoms with Crippen molar-refractivity contribution < 1.29 is 4.79 Å². The van der Waals surface area contributed by atoms with Crippen molar-refractivity contribution in [1.82, 2.24) is 0 Å². The average molecular weight is 153 g/mol. The third-order valence-corrected chi connectivity index (χ3v) is 2.58.